The fourth-order valence-corrected chi connectivity index (χ4v) is 1.22. The van der Waals surface area contributed by atoms with Gasteiger partial charge >= 0.3 is 5.97 Å². The number of carboxylic acid groups (broad SMARTS) is 1. The zero-order chi connectivity index (χ0) is 10.4. The molecule has 0 saturated heterocycles. The Bertz CT molecular complexity index is 152. The minimum absolute atomic E-state index is 0.0873. The fraction of sp³-hybridized carbons (Fsp3) is 0.889. The third-order valence-corrected chi connectivity index (χ3v) is 2.21. The second-order valence-corrected chi connectivity index (χ2v) is 3.19. The topological polar surface area (TPSA) is 66.8 Å². The van der Waals surface area contributed by atoms with Crippen LogP contribution in [-0.2, 0) is 9.53 Å². The first-order valence-electron chi connectivity index (χ1n) is 4.46. The van der Waals surface area contributed by atoms with Crippen molar-refractivity contribution in [1.29, 1.82) is 0 Å². The molecule has 0 aromatic carbocycles. The van der Waals surface area contributed by atoms with Gasteiger partial charge in [0.1, 0.15) is 0 Å². The van der Waals surface area contributed by atoms with Crippen LogP contribution >= 0.6 is 0 Å². The summed E-state index contributed by atoms with van der Waals surface area (Å²) in [6.07, 6.45) is 0.199. The first-order chi connectivity index (χ1) is 6.02. The lowest BCUT2D eigenvalue weighted by Gasteiger charge is -2.20. The summed E-state index contributed by atoms with van der Waals surface area (Å²) in [5.41, 5.74) is 0. The van der Waals surface area contributed by atoms with Gasteiger partial charge in [0.25, 0.3) is 0 Å². The van der Waals surface area contributed by atoms with Gasteiger partial charge in [-0.3, -0.25) is 4.79 Å². The molecule has 4 nitrogen and oxygen atoms in total. The lowest BCUT2D eigenvalue weighted by molar-refractivity contribution is -0.147. The number of hydrogen-bond acceptors (Lipinski definition) is 3. The molecular formula is C9H18O4. The molecule has 0 aliphatic carbocycles. The number of ether oxygens (including phenoxy) is 1. The van der Waals surface area contributed by atoms with Crippen molar-refractivity contribution >= 4 is 5.97 Å². The average Bonchev–Trinajstić information content (AvgIpc) is 2.05. The Morgan fingerprint density at radius 2 is 2.08 bits per heavy atom. The Kier molecular flexibility index (Phi) is 5.66. The average molecular weight is 190 g/mol. The second kappa shape index (κ2) is 5.94. The molecule has 13 heavy (non-hydrogen) atoms. The van der Waals surface area contributed by atoms with E-state index in [2.05, 4.69) is 0 Å². The third kappa shape index (κ3) is 4.24. The summed E-state index contributed by atoms with van der Waals surface area (Å²) in [4.78, 5) is 10.7. The van der Waals surface area contributed by atoms with Gasteiger partial charge in [-0.1, -0.05) is 6.92 Å². The van der Waals surface area contributed by atoms with E-state index in [9.17, 15) is 9.90 Å². The number of aliphatic hydroxyl groups is 1. The minimum atomic E-state index is -0.967. The van der Waals surface area contributed by atoms with Gasteiger partial charge in [0.05, 0.1) is 18.1 Å². The van der Waals surface area contributed by atoms with Crippen LogP contribution in [0, 0.1) is 5.92 Å². The summed E-state index contributed by atoms with van der Waals surface area (Å²) in [5, 5.41) is 18.0. The molecule has 78 valence electrons. The van der Waals surface area contributed by atoms with Crippen LogP contribution in [0.5, 0.6) is 0 Å². The quantitative estimate of drug-likeness (QED) is 0.652. The highest BCUT2D eigenvalue weighted by Gasteiger charge is 2.25. The largest absolute Gasteiger partial charge is 0.481 e. The van der Waals surface area contributed by atoms with Crippen molar-refractivity contribution in [3.05, 3.63) is 0 Å². The van der Waals surface area contributed by atoms with Gasteiger partial charge in [-0.05, 0) is 19.8 Å². The zero-order valence-corrected chi connectivity index (χ0v) is 8.36. The summed E-state index contributed by atoms with van der Waals surface area (Å²) < 4.78 is 5.06. The summed E-state index contributed by atoms with van der Waals surface area (Å²) in [5.74, 6) is -1.70. The van der Waals surface area contributed by atoms with E-state index >= 15 is 0 Å². The van der Waals surface area contributed by atoms with E-state index < -0.39 is 18.0 Å². The number of carbonyl (C=O) groups is 1. The molecule has 3 atom stereocenters. The van der Waals surface area contributed by atoms with Crippen LogP contribution in [0.4, 0.5) is 0 Å². The van der Waals surface area contributed by atoms with E-state index in [1.807, 2.05) is 6.92 Å². The number of aliphatic carboxylic acids is 1. The molecule has 2 N–H and O–H groups in total. The van der Waals surface area contributed by atoms with E-state index in [-0.39, 0.29) is 6.10 Å². The molecule has 0 bridgehead atoms. The molecule has 0 fully saturated rings. The molecule has 0 saturated carbocycles. The monoisotopic (exact) mass is 190 g/mol. The SMILES string of the molecule is CCC(CC(C(=O)O)C(C)O)OC. The molecule has 0 aliphatic rings. The molecule has 0 amide bonds. The summed E-state index contributed by atoms with van der Waals surface area (Å²) in [7, 11) is 1.55. The molecule has 0 aliphatic heterocycles. The number of aliphatic hydroxyl groups excluding tert-OH is 1. The van der Waals surface area contributed by atoms with Crippen LogP contribution in [-0.4, -0.2) is 35.5 Å². The zero-order valence-electron chi connectivity index (χ0n) is 8.36. The summed E-state index contributed by atoms with van der Waals surface area (Å²) in [6.45, 7) is 3.41. The maximum absolute atomic E-state index is 10.7. The van der Waals surface area contributed by atoms with Gasteiger partial charge < -0.3 is 14.9 Å². The Balaban J connectivity index is 4.16. The number of hydrogen-bond donors (Lipinski definition) is 2. The standard InChI is InChI=1S/C9H18O4/c1-4-7(13-3)5-8(6(2)10)9(11)12/h6-8,10H,4-5H2,1-3H3,(H,11,12). The minimum Gasteiger partial charge on any atom is -0.481 e. The molecule has 4 heteroatoms. The predicted octanol–water partition coefficient (Wildman–Crippen LogP) is 0.883. The second-order valence-electron chi connectivity index (χ2n) is 3.19. The predicted molar refractivity (Wildman–Crippen MR) is 48.5 cm³/mol. The highest BCUT2D eigenvalue weighted by Crippen LogP contribution is 2.15. The van der Waals surface area contributed by atoms with Crippen molar-refractivity contribution in [1.82, 2.24) is 0 Å². The highest BCUT2D eigenvalue weighted by molar-refractivity contribution is 5.70. The molecule has 0 aromatic rings. The number of carboxylic acids is 1. The van der Waals surface area contributed by atoms with Gasteiger partial charge in [-0.2, -0.15) is 0 Å². The van der Waals surface area contributed by atoms with Gasteiger partial charge in [-0.25, -0.2) is 0 Å². The van der Waals surface area contributed by atoms with Crippen molar-refractivity contribution < 1.29 is 19.7 Å². The van der Waals surface area contributed by atoms with E-state index in [1.165, 1.54) is 6.92 Å². The van der Waals surface area contributed by atoms with Crippen molar-refractivity contribution in [2.45, 2.75) is 38.9 Å². The van der Waals surface area contributed by atoms with E-state index in [1.54, 1.807) is 7.11 Å². The first kappa shape index (κ1) is 12.4. The molecule has 0 radical (unpaired) electrons. The molecule has 3 unspecified atom stereocenters. The van der Waals surface area contributed by atoms with E-state index in [4.69, 9.17) is 9.84 Å². The fourth-order valence-electron chi connectivity index (χ4n) is 1.22. The smallest absolute Gasteiger partial charge is 0.309 e. The Morgan fingerprint density at radius 3 is 2.31 bits per heavy atom. The maximum atomic E-state index is 10.7. The van der Waals surface area contributed by atoms with Crippen LogP contribution in [0.1, 0.15) is 26.7 Å². The Morgan fingerprint density at radius 1 is 1.54 bits per heavy atom. The van der Waals surface area contributed by atoms with Gasteiger partial charge in [0.2, 0.25) is 0 Å². The Labute approximate surface area is 78.5 Å². The van der Waals surface area contributed by atoms with Crippen molar-refractivity contribution in [2.75, 3.05) is 7.11 Å². The molecule has 0 spiro atoms. The van der Waals surface area contributed by atoms with Crippen molar-refractivity contribution in [2.24, 2.45) is 5.92 Å². The lowest BCUT2D eigenvalue weighted by atomic mass is 9.95. The van der Waals surface area contributed by atoms with E-state index in [0.29, 0.717) is 6.42 Å². The van der Waals surface area contributed by atoms with Gasteiger partial charge in [0.15, 0.2) is 0 Å². The third-order valence-electron chi connectivity index (χ3n) is 2.21. The van der Waals surface area contributed by atoms with Crippen LogP contribution in [0.2, 0.25) is 0 Å². The highest BCUT2D eigenvalue weighted by atomic mass is 16.5. The first-order valence-corrected chi connectivity index (χ1v) is 4.46. The summed E-state index contributed by atoms with van der Waals surface area (Å²) in [6, 6.07) is 0. The van der Waals surface area contributed by atoms with Crippen molar-refractivity contribution in [3.63, 3.8) is 0 Å². The van der Waals surface area contributed by atoms with E-state index in [0.717, 1.165) is 6.42 Å². The molecular weight excluding hydrogens is 172 g/mol. The van der Waals surface area contributed by atoms with Crippen LogP contribution in [0.3, 0.4) is 0 Å². The van der Waals surface area contributed by atoms with Crippen molar-refractivity contribution in [3.8, 4) is 0 Å². The molecule has 0 heterocycles. The lowest BCUT2D eigenvalue weighted by Crippen LogP contribution is -2.30. The number of methoxy groups -OCH3 is 1. The molecule has 0 aromatic heterocycles. The van der Waals surface area contributed by atoms with Crippen LogP contribution in [0.25, 0.3) is 0 Å². The van der Waals surface area contributed by atoms with Gasteiger partial charge in [0, 0.05) is 7.11 Å². The Hall–Kier alpha value is -0.610. The van der Waals surface area contributed by atoms with Crippen LogP contribution in [0.15, 0.2) is 0 Å². The summed E-state index contributed by atoms with van der Waals surface area (Å²) >= 11 is 0. The van der Waals surface area contributed by atoms with Crippen LogP contribution < -0.4 is 0 Å². The molecule has 0 rings (SSSR count). The maximum Gasteiger partial charge on any atom is 0.309 e. The van der Waals surface area contributed by atoms with Gasteiger partial charge in [-0.15, -0.1) is 0 Å². The normalized spacial score (nSPS) is 17.8. The number of rotatable bonds is 6.